The average Bonchev–Trinajstić information content (AvgIpc) is 3.02. The Morgan fingerprint density at radius 3 is 2.76 bits per heavy atom. The zero-order valence-corrected chi connectivity index (χ0v) is 16.7. The SMILES string of the molecule is COc1ccc2c3c([nH]c2c1)[C@H](CC(C)C)N1C(=O)[C@H](CC(=O)O)NC(=O)[C@@H]1C3. The molecule has 1 aromatic heterocycles. The van der Waals surface area contributed by atoms with Gasteiger partial charge >= 0.3 is 5.97 Å². The van der Waals surface area contributed by atoms with Gasteiger partial charge in [-0.15, -0.1) is 0 Å². The van der Waals surface area contributed by atoms with Gasteiger partial charge in [0.05, 0.1) is 19.6 Å². The van der Waals surface area contributed by atoms with Crippen molar-refractivity contribution >= 4 is 28.7 Å². The highest BCUT2D eigenvalue weighted by Gasteiger charge is 2.48. The van der Waals surface area contributed by atoms with E-state index >= 15 is 0 Å². The number of methoxy groups -OCH3 is 1. The predicted octanol–water partition coefficient (Wildman–Crippen LogP) is 1.99. The summed E-state index contributed by atoms with van der Waals surface area (Å²) in [5.41, 5.74) is 2.86. The van der Waals surface area contributed by atoms with E-state index in [1.54, 1.807) is 12.0 Å². The molecule has 154 valence electrons. The molecular formula is C21H25N3O5. The molecule has 3 N–H and O–H groups in total. The Morgan fingerprint density at radius 1 is 1.34 bits per heavy atom. The molecule has 3 heterocycles. The number of benzene rings is 1. The Bertz CT molecular complexity index is 996. The number of carboxylic acid groups (broad SMARTS) is 1. The molecule has 8 nitrogen and oxygen atoms in total. The van der Waals surface area contributed by atoms with Crippen LogP contribution >= 0.6 is 0 Å². The first-order chi connectivity index (χ1) is 13.8. The minimum Gasteiger partial charge on any atom is -0.497 e. The monoisotopic (exact) mass is 399 g/mol. The molecule has 4 rings (SSSR count). The first kappa shape index (κ1) is 19.3. The average molecular weight is 399 g/mol. The lowest BCUT2D eigenvalue weighted by Crippen LogP contribution is -2.66. The number of H-pyrrole nitrogens is 1. The summed E-state index contributed by atoms with van der Waals surface area (Å²) in [7, 11) is 1.61. The van der Waals surface area contributed by atoms with Gasteiger partial charge in [0.2, 0.25) is 11.8 Å². The smallest absolute Gasteiger partial charge is 0.305 e. The Hall–Kier alpha value is -3.03. The number of hydrogen-bond donors (Lipinski definition) is 3. The molecule has 2 aromatic rings. The first-order valence-corrected chi connectivity index (χ1v) is 9.83. The number of amides is 2. The minimum absolute atomic E-state index is 0.281. The van der Waals surface area contributed by atoms with Crippen LogP contribution in [0.2, 0.25) is 0 Å². The number of aromatic nitrogens is 1. The molecule has 29 heavy (non-hydrogen) atoms. The molecule has 0 spiro atoms. The number of piperazine rings is 1. The summed E-state index contributed by atoms with van der Waals surface area (Å²) >= 11 is 0. The summed E-state index contributed by atoms with van der Waals surface area (Å²) in [6.45, 7) is 4.14. The van der Waals surface area contributed by atoms with Crippen LogP contribution in [0.25, 0.3) is 10.9 Å². The molecule has 1 fully saturated rings. The van der Waals surface area contributed by atoms with Crippen molar-refractivity contribution < 1.29 is 24.2 Å². The van der Waals surface area contributed by atoms with Gasteiger partial charge in [-0.25, -0.2) is 0 Å². The summed E-state index contributed by atoms with van der Waals surface area (Å²) in [6, 6.07) is 3.80. The lowest BCUT2D eigenvalue weighted by molar-refractivity contribution is -0.156. The van der Waals surface area contributed by atoms with E-state index in [1.807, 2.05) is 18.2 Å². The molecule has 0 radical (unpaired) electrons. The van der Waals surface area contributed by atoms with Gasteiger partial charge in [0, 0.05) is 29.1 Å². The number of carbonyl (C=O) groups is 3. The normalized spacial score (nSPS) is 23.7. The number of hydrogen-bond acceptors (Lipinski definition) is 4. The van der Waals surface area contributed by atoms with E-state index in [9.17, 15) is 14.4 Å². The number of carboxylic acids is 1. The number of aromatic amines is 1. The highest BCUT2D eigenvalue weighted by molar-refractivity contribution is 6.00. The lowest BCUT2D eigenvalue weighted by atomic mass is 9.85. The van der Waals surface area contributed by atoms with Gasteiger partial charge in [-0.05, 0) is 30.0 Å². The third-order valence-electron chi connectivity index (χ3n) is 5.79. The Balaban J connectivity index is 1.83. The standard InChI is InChI=1S/C21H25N3O5/c1-10(2)6-16-19-13(12-5-4-11(29-3)7-14(12)22-19)8-17-20(27)23-15(9-18(25)26)21(28)24(16)17/h4-5,7,10,15-17,22H,6,8-9H2,1-3H3,(H,23,27)(H,25,26)/t15-,16-,17-/m0/s1. The van der Waals surface area contributed by atoms with E-state index in [4.69, 9.17) is 9.84 Å². The molecule has 0 bridgehead atoms. The highest BCUT2D eigenvalue weighted by Crippen LogP contribution is 2.42. The fraction of sp³-hybridized carbons (Fsp3) is 0.476. The van der Waals surface area contributed by atoms with Crippen LogP contribution in [0, 0.1) is 5.92 Å². The van der Waals surface area contributed by atoms with E-state index in [2.05, 4.69) is 24.1 Å². The molecule has 2 amide bonds. The van der Waals surface area contributed by atoms with E-state index in [1.165, 1.54) is 0 Å². The van der Waals surface area contributed by atoms with Crippen molar-refractivity contribution in [3.63, 3.8) is 0 Å². The molecule has 2 aliphatic rings. The quantitative estimate of drug-likeness (QED) is 0.712. The number of nitrogens with zero attached hydrogens (tertiary/aromatic N) is 1. The number of fused-ring (bicyclic) bond motifs is 4. The van der Waals surface area contributed by atoms with Crippen LogP contribution in [0.3, 0.4) is 0 Å². The maximum atomic E-state index is 13.2. The van der Waals surface area contributed by atoms with Crippen LogP contribution < -0.4 is 10.1 Å². The topological polar surface area (TPSA) is 112 Å². The van der Waals surface area contributed by atoms with Crippen LogP contribution in [0.4, 0.5) is 0 Å². The summed E-state index contributed by atoms with van der Waals surface area (Å²) in [4.78, 5) is 42.2. The van der Waals surface area contributed by atoms with Crippen LogP contribution in [-0.2, 0) is 20.8 Å². The maximum absolute atomic E-state index is 13.2. The Labute approximate surface area is 168 Å². The molecule has 8 heteroatoms. The number of ether oxygens (including phenoxy) is 1. The van der Waals surface area contributed by atoms with Crippen LogP contribution in [0.1, 0.15) is 44.0 Å². The van der Waals surface area contributed by atoms with Crippen molar-refractivity contribution in [3.8, 4) is 5.75 Å². The molecule has 2 aliphatic heterocycles. The van der Waals surface area contributed by atoms with Gasteiger partial charge < -0.3 is 25.0 Å². The fourth-order valence-corrected chi connectivity index (χ4v) is 4.56. The molecular weight excluding hydrogens is 374 g/mol. The minimum atomic E-state index is -1.11. The molecule has 0 saturated carbocycles. The van der Waals surface area contributed by atoms with Crippen LogP contribution in [-0.4, -0.2) is 52.0 Å². The van der Waals surface area contributed by atoms with Gasteiger partial charge in [0.15, 0.2) is 0 Å². The number of rotatable bonds is 5. The third-order valence-corrected chi connectivity index (χ3v) is 5.79. The van der Waals surface area contributed by atoms with E-state index in [0.717, 1.165) is 27.9 Å². The van der Waals surface area contributed by atoms with Crippen LogP contribution in [0.15, 0.2) is 18.2 Å². The number of nitrogens with one attached hydrogen (secondary N) is 2. The molecule has 1 aromatic carbocycles. The van der Waals surface area contributed by atoms with Gasteiger partial charge in [-0.2, -0.15) is 0 Å². The zero-order valence-electron chi connectivity index (χ0n) is 16.7. The van der Waals surface area contributed by atoms with E-state index in [0.29, 0.717) is 12.8 Å². The van der Waals surface area contributed by atoms with Crippen molar-refractivity contribution in [1.82, 2.24) is 15.2 Å². The lowest BCUT2D eigenvalue weighted by Gasteiger charge is -2.46. The van der Waals surface area contributed by atoms with Gasteiger partial charge in [0.25, 0.3) is 0 Å². The largest absolute Gasteiger partial charge is 0.497 e. The second-order valence-electron chi connectivity index (χ2n) is 8.20. The second-order valence-corrected chi connectivity index (χ2v) is 8.20. The van der Waals surface area contributed by atoms with Gasteiger partial charge in [-0.3, -0.25) is 14.4 Å². The molecule has 0 unspecified atom stereocenters. The molecule has 1 saturated heterocycles. The van der Waals surface area contributed by atoms with Crippen molar-refractivity contribution in [3.05, 3.63) is 29.5 Å². The van der Waals surface area contributed by atoms with Crippen molar-refractivity contribution in [2.75, 3.05) is 7.11 Å². The van der Waals surface area contributed by atoms with Gasteiger partial charge in [0.1, 0.15) is 17.8 Å². The molecule has 0 aliphatic carbocycles. The first-order valence-electron chi connectivity index (χ1n) is 9.83. The predicted molar refractivity (Wildman–Crippen MR) is 106 cm³/mol. The van der Waals surface area contributed by atoms with E-state index < -0.39 is 24.5 Å². The van der Waals surface area contributed by atoms with Gasteiger partial charge in [-0.1, -0.05) is 13.8 Å². The second kappa shape index (κ2) is 7.09. The van der Waals surface area contributed by atoms with Crippen molar-refractivity contribution in [2.24, 2.45) is 5.92 Å². The van der Waals surface area contributed by atoms with Crippen molar-refractivity contribution in [1.29, 1.82) is 0 Å². The summed E-state index contributed by atoms with van der Waals surface area (Å²) < 4.78 is 5.32. The number of carbonyl (C=O) groups excluding carboxylic acids is 2. The van der Waals surface area contributed by atoms with Crippen LogP contribution in [0.5, 0.6) is 5.75 Å². The highest BCUT2D eigenvalue weighted by atomic mass is 16.5. The summed E-state index contributed by atoms with van der Waals surface area (Å²) in [5, 5.41) is 12.8. The maximum Gasteiger partial charge on any atom is 0.305 e. The van der Waals surface area contributed by atoms with E-state index in [-0.39, 0.29) is 23.8 Å². The number of aliphatic carboxylic acids is 1. The Morgan fingerprint density at radius 2 is 2.10 bits per heavy atom. The fourth-order valence-electron chi connectivity index (χ4n) is 4.56. The zero-order chi connectivity index (χ0) is 20.9. The molecule has 3 atom stereocenters. The third kappa shape index (κ3) is 3.22. The summed E-state index contributed by atoms with van der Waals surface area (Å²) in [6.07, 6.45) is 0.652. The van der Waals surface area contributed by atoms with Crippen molar-refractivity contribution in [2.45, 2.75) is 51.2 Å². The Kier molecular flexibility index (Phi) is 4.72. The summed E-state index contributed by atoms with van der Waals surface area (Å²) in [5.74, 6) is -0.728.